The zero-order chi connectivity index (χ0) is 15.3. The molecule has 0 aliphatic heterocycles. The fourth-order valence-electron chi connectivity index (χ4n) is 1.65. The Morgan fingerprint density at radius 1 is 1.20 bits per heavy atom. The summed E-state index contributed by atoms with van der Waals surface area (Å²) in [6, 6.07) is 0.859. The minimum Gasteiger partial charge on any atom is -0.275 e. The Morgan fingerprint density at radius 2 is 1.70 bits per heavy atom. The molecule has 2 amide bonds. The number of nitrogens with one attached hydrogen (secondary N) is 2. The summed E-state index contributed by atoms with van der Waals surface area (Å²) >= 11 is 0. The van der Waals surface area contributed by atoms with Gasteiger partial charge in [0.1, 0.15) is 0 Å². The van der Waals surface area contributed by atoms with Crippen LogP contribution in [-0.2, 0) is 10.2 Å². The van der Waals surface area contributed by atoms with Crippen molar-refractivity contribution in [1.29, 1.82) is 0 Å². The lowest BCUT2D eigenvalue weighted by Gasteiger charge is -2.18. The van der Waals surface area contributed by atoms with Crippen LogP contribution in [0.15, 0.2) is 6.07 Å². The molecule has 0 aliphatic rings. The van der Waals surface area contributed by atoms with Gasteiger partial charge in [0.15, 0.2) is 0 Å². The van der Waals surface area contributed by atoms with Gasteiger partial charge in [-0.15, -0.1) is 0 Å². The number of rotatable bonds is 5. The number of aryl methyl sites for hydroxylation is 2. The second kappa shape index (κ2) is 6.62. The van der Waals surface area contributed by atoms with Gasteiger partial charge in [-0.2, -0.15) is 12.7 Å². The third kappa shape index (κ3) is 4.42. The van der Waals surface area contributed by atoms with Crippen LogP contribution in [0.25, 0.3) is 0 Å². The normalized spacial score (nSPS) is 11.4. The highest BCUT2D eigenvalue weighted by Gasteiger charge is 2.21. The Morgan fingerprint density at radius 3 is 2.15 bits per heavy atom. The van der Waals surface area contributed by atoms with Crippen molar-refractivity contribution in [2.75, 3.05) is 18.4 Å². The highest BCUT2D eigenvalue weighted by molar-refractivity contribution is 7.87. The van der Waals surface area contributed by atoms with Crippen LogP contribution in [0.1, 0.15) is 25.2 Å². The molecule has 0 bridgehead atoms. The van der Waals surface area contributed by atoms with E-state index >= 15 is 0 Å². The van der Waals surface area contributed by atoms with Crippen molar-refractivity contribution >= 4 is 22.2 Å². The maximum Gasteiger partial charge on any atom is 0.336 e. The molecule has 0 unspecified atom stereocenters. The molecule has 0 saturated carbocycles. The molecule has 9 heteroatoms. The van der Waals surface area contributed by atoms with E-state index < -0.39 is 16.2 Å². The van der Waals surface area contributed by atoms with Crippen LogP contribution in [0.2, 0.25) is 0 Å². The highest BCUT2D eigenvalue weighted by Crippen LogP contribution is 2.04. The number of urea groups is 1. The van der Waals surface area contributed by atoms with E-state index in [4.69, 9.17) is 0 Å². The van der Waals surface area contributed by atoms with Gasteiger partial charge in [0.05, 0.1) is 0 Å². The minimum absolute atomic E-state index is 0.0646. The molecular formula is C11H19N5O3S. The van der Waals surface area contributed by atoms with Gasteiger partial charge in [-0.25, -0.2) is 19.5 Å². The number of aromatic nitrogens is 2. The molecule has 0 radical (unpaired) electrons. The summed E-state index contributed by atoms with van der Waals surface area (Å²) in [6.45, 7) is 7.44. The van der Waals surface area contributed by atoms with Crippen molar-refractivity contribution < 1.29 is 13.2 Å². The van der Waals surface area contributed by atoms with Gasteiger partial charge in [-0.1, -0.05) is 13.8 Å². The van der Waals surface area contributed by atoms with E-state index in [1.54, 1.807) is 33.8 Å². The standard InChI is InChI=1S/C11H19N5O3S/c1-5-16(6-2)20(18,19)15-11(17)14-10-12-8(3)7-9(4)13-10/h7H,5-6H2,1-4H3,(H2,12,13,14,15,17). The van der Waals surface area contributed by atoms with Gasteiger partial charge >= 0.3 is 16.2 Å². The van der Waals surface area contributed by atoms with Gasteiger partial charge in [0.2, 0.25) is 5.95 Å². The molecule has 0 spiro atoms. The lowest BCUT2D eigenvalue weighted by molar-refractivity contribution is 0.255. The third-order valence-corrected chi connectivity index (χ3v) is 4.11. The van der Waals surface area contributed by atoms with E-state index in [0.29, 0.717) is 11.4 Å². The summed E-state index contributed by atoms with van der Waals surface area (Å²) in [4.78, 5) is 19.7. The lowest BCUT2D eigenvalue weighted by atomic mass is 10.4. The van der Waals surface area contributed by atoms with Crippen LogP contribution >= 0.6 is 0 Å². The van der Waals surface area contributed by atoms with E-state index in [-0.39, 0.29) is 19.0 Å². The van der Waals surface area contributed by atoms with E-state index in [1.165, 1.54) is 0 Å². The second-order valence-corrected chi connectivity index (χ2v) is 5.79. The lowest BCUT2D eigenvalue weighted by Crippen LogP contribution is -2.45. The molecule has 1 aromatic rings. The predicted octanol–water partition coefficient (Wildman–Crippen LogP) is 0.802. The summed E-state index contributed by atoms with van der Waals surface area (Å²) < 4.78 is 26.7. The molecule has 20 heavy (non-hydrogen) atoms. The van der Waals surface area contributed by atoms with Gasteiger partial charge < -0.3 is 0 Å². The van der Waals surface area contributed by atoms with Gasteiger partial charge in [-0.05, 0) is 19.9 Å². The number of carbonyl (C=O) groups excluding carboxylic acids is 1. The first-order valence-corrected chi connectivity index (χ1v) is 7.63. The van der Waals surface area contributed by atoms with E-state index in [9.17, 15) is 13.2 Å². The summed E-state index contributed by atoms with van der Waals surface area (Å²) in [5, 5.41) is 2.30. The molecule has 1 heterocycles. The summed E-state index contributed by atoms with van der Waals surface area (Å²) in [5.41, 5.74) is 1.36. The zero-order valence-electron chi connectivity index (χ0n) is 12.0. The third-order valence-electron chi connectivity index (χ3n) is 2.47. The number of carbonyl (C=O) groups is 1. The topological polar surface area (TPSA) is 104 Å². The monoisotopic (exact) mass is 301 g/mol. The maximum atomic E-state index is 11.8. The average Bonchev–Trinajstić information content (AvgIpc) is 2.27. The van der Waals surface area contributed by atoms with Crippen LogP contribution in [-0.4, -0.2) is 41.8 Å². The first-order chi connectivity index (χ1) is 9.28. The molecule has 1 aromatic heterocycles. The Balaban J connectivity index is 2.77. The van der Waals surface area contributed by atoms with E-state index in [2.05, 4.69) is 15.3 Å². The Kier molecular flexibility index (Phi) is 5.40. The summed E-state index contributed by atoms with van der Waals surface area (Å²) in [7, 11) is -3.85. The van der Waals surface area contributed by atoms with Crippen LogP contribution in [0, 0.1) is 13.8 Å². The number of anilines is 1. The highest BCUT2D eigenvalue weighted by atomic mass is 32.2. The molecule has 0 aliphatic carbocycles. The largest absolute Gasteiger partial charge is 0.336 e. The number of nitrogens with zero attached hydrogens (tertiary/aromatic N) is 3. The van der Waals surface area contributed by atoms with Crippen molar-refractivity contribution in [2.45, 2.75) is 27.7 Å². The molecule has 0 atom stereocenters. The van der Waals surface area contributed by atoms with Gasteiger partial charge in [0.25, 0.3) is 0 Å². The first-order valence-electron chi connectivity index (χ1n) is 6.19. The van der Waals surface area contributed by atoms with Gasteiger partial charge in [0, 0.05) is 24.5 Å². The number of hydrogen-bond acceptors (Lipinski definition) is 5. The quantitative estimate of drug-likeness (QED) is 0.837. The average molecular weight is 301 g/mol. The van der Waals surface area contributed by atoms with Crippen molar-refractivity contribution in [3.05, 3.63) is 17.5 Å². The smallest absolute Gasteiger partial charge is 0.275 e. The van der Waals surface area contributed by atoms with Crippen molar-refractivity contribution in [3.63, 3.8) is 0 Å². The molecule has 0 aromatic carbocycles. The Bertz CT molecular complexity index is 563. The molecule has 1 rings (SSSR count). The summed E-state index contributed by atoms with van der Waals surface area (Å²) in [6.07, 6.45) is 0. The number of amides is 2. The molecule has 0 fully saturated rings. The fourth-order valence-corrected chi connectivity index (χ4v) is 2.75. The van der Waals surface area contributed by atoms with Gasteiger partial charge in [-0.3, -0.25) is 5.32 Å². The minimum atomic E-state index is -3.85. The number of hydrogen-bond donors (Lipinski definition) is 2. The molecule has 2 N–H and O–H groups in total. The van der Waals surface area contributed by atoms with E-state index in [1.807, 2.05) is 4.72 Å². The van der Waals surface area contributed by atoms with Crippen molar-refractivity contribution in [3.8, 4) is 0 Å². The van der Waals surface area contributed by atoms with Crippen molar-refractivity contribution in [2.24, 2.45) is 0 Å². The SMILES string of the molecule is CCN(CC)S(=O)(=O)NC(=O)Nc1nc(C)cc(C)n1. The van der Waals surface area contributed by atoms with Crippen LogP contribution in [0.3, 0.4) is 0 Å². The molecule has 112 valence electrons. The summed E-state index contributed by atoms with van der Waals surface area (Å²) in [5.74, 6) is 0.0646. The maximum absolute atomic E-state index is 11.8. The fraction of sp³-hybridized carbons (Fsp3) is 0.545. The molecule has 0 saturated heterocycles. The predicted molar refractivity (Wildman–Crippen MR) is 75.5 cm³/mol. The Hall–Kier alpha value is -1.74. The molecular weight excluding hydrogens is 282 g/mol. The van der Waals surface area contributed by atoms with Crippen molar-refractivity contribution in [1.82, 2.24) is 19.0 Å². The van der Waals surface area contributed by atoms with Crippen LogP contribution in [0.4, 0.5) is 10.7 Å². The van der Waals surface area contributed by atoms with E-state index in [0.717, 1.165) is 4.31 Å². The Labute approximate surface area is 118 Å². The van der Waals surface area contributed by atoms with Crippen LogP contribution in [0.5, 0.6) is 0 Å². The molecule has 8 nitrogen and oxygen atoms in total. The zero-order valence-corrected chi connectivity index (χ0v) is 12.8. The second-order valence-electron chi connectivity index (χ2n) is 4.12. The van der Waals surface area contributed by atoms with Crippen LogP contribution < -0.4 is 10.0 Å². The first kappa shape index (κ1) is 16.3.